The average Bonchev–Trinajstić information content (AvgIpc) is 3.41. The van der Waals surface area contributed by atoms with Crippen LogP contribution < -0.4 is 10.9 Å². The van der Waals surface area contributed by atoms with Crippen LogP contribution in [-0.4, -0.2) is 20.6 Å². The molecule has 0 spiro atoms. The minimum Gasteiger partial charge on any atom is -0.307 e. The van der Waals surface area contributed by atoms with E-state index < -0.39 is 0 Å². The molecular weight excluding hydrogens is 455 g/mol. The lowest BCUT2D eigenvalue weighted by Crippen LogP contribution is -2.33. The maximum atomic E-state index is 14.1. The van der Waals surface area contributed by atoms with Gasteiger partial charge in [0.25, 0.3) is 5.56 Å². The summed E-state index contributed by atoms with van der Waals surface area (Å²) in [5.74, 6) is -0.307. The Kier molecular flexibility index (Phi) is 5.28. The number of aromatic nitrogens is 3. The van der Waals surface area contributed by atoms with Gasteiger partial charge in [-0.05, 0) is 43.0 Å². The summed E-state index contributed by atoms with van der Waals surface area (Å²) in [4.78, 5) is 24.5. The Balaban J connectivity index is 1.22. The van der Waals surface area contributed by atoms with Crippen LogP contribution in [0.4, 0.5) is 4.39 Å². The number of thiophene rings is 1. The fourth-order valence-electron chi connectivity index (χ4n) is 4.53. The number of hydrogen-bond acceptors (Lipinski definition) is 6. The number of aryl methyl sites for hydroxylation is 1. The molecule has 1 atom stereocenters. The van der Waals surface area contributed by atoms with Crippen molar-refractivity contribution in [3.8, 4) is 0 Å². The van der Waals surface area contributed by atoms with Gasteiger partial charge in [-0.15, -0.1) is 22.7 Å². The average molecular weight is 477 g/mol. The highest BCUT2D eigenvalue weighted by atomic mass is 32.1. The fraction of sp³-hybridized carbons (Fsp3) is 0.240. The molecule has 1 N–H and O–H groups in total. The van der Waals surface area contributed by atoms with Crippen molar-refractivity contribution >= 4 is 43.1 Å². The van der Waals surface area contributed by atoms with Crippen LogP contribution in [0.2, 0.25) is 0 Å². The molecule has 1 aliphatic carbocycles. The SMILES string of the molecule is O=c1c2c3c(sc2ncn1Cc1ccccc1F)CC(NCc1nc2ccccc2s1)CC3. The van der Waals surface area contributed by atoms with Crippen LogP contribution in [0.15, 0.2) is 59.7 Å². The van der Waals surface area contributed by atoms with Gasteiger partial charge in [0.2, 0.25) is 0 Å². The van der Waals surface area contributed by atoms with E-state index in [1.54, 1.807) is 47.2 Å². The molecule has 0 amide bonds. The van der Waals surface area contributed by atoms with Crippen LogP contribution in [0.25, 0.3) is 20.4 Å². The van der Waals surface area contributed by atoms with Crippen molar-refractivity contribution in [1.82, 2.24) is 19.9 Å². The molecule has 0 radical (unpaired) electrons. The number of para-hydroxylation sites is 1. The maximum Gasteiger partial charge on any atom is 0.262 e. The Labute approximate surface area is 197 Å². The summed E-state index contributed by atoms with van der Waals surface area (Å²) in [7, 11) is 0. The molecule has 6 rings (SSSR count). The van der Waals surface area contributed by atoms with Gasteiger partial charge in [0, 0.05) is 23.0 Å². The third-order valence-electron chi connectivity index (χ3n) is 6.21. The quantitative estimate of drug-likeness (QED) is 0.392. The van der Waals surface area contributed by atoms with Crippen LogP contribution in [-0.2, 0) is 25.9 Å². The normalized spacial score (nSPS) is 15.8. The zero-order valence-corrected chi connectivity index (χ0v) is 19.4. The third-order valence-corrected chi connectivity index (χ3v) is 8.41. The fourth-order valence-corrected chi connectivity index (χ4v) is 6.70. The van der Waals surface area contributed by atoms with E-state index in [-0.39, 0.29) is 17.9 Å². The molecular formula is C25H21FN4OS2. The Morgan fingerprint density at radius 1 is 1.12 bits per heavy atom. The van der Waals surface area contributed by atoms with E-state index in [4.69, 9.17) is 4.98 Å². The molecule has 2 aromatic carbocycles. The minimum absolute atomic E-state index is 0.0818. The molecule has 5 nitrogen and oxygen atoms in total. The summed E-state index contributed by atoms with van der Waals surface area (Å²) in [5.41, 5.74) is 2.58. The Morgan fingerprint density at radius 2 is 1.97 bits per heavy atom. The number of halogens is 1. The molecule has 1 unspecified atom stereocenters. The van der Waals surface area contributed by atoms with Gasteiger partial charge in [0.1, 0.15) is 15.7 Å². The molecule has 3 aromatic heterocycles. The molecule has 0 bridgehead atoms. The predicted molar refractivity (Wildman–Crippen MR) is 132 cm³/mol. The van der Waals surface area contributed by atoms with Crippen LogP contribution in [0.1, 0.15) is 27.4 Å². The van der Waals surface area contributed by atoms with E-state index in [1.807, 2.05) is 18.2 Å². The van der Waals surface area contributed by atoms with E-state index in [0.717, 1.165) is 46.7 Å². The van der Waals surface area contributed by atoms with Gasteiger partial charge in [-0.2, -0.15) is 0 Å². The largest absolute Gasteiger partial charge is 0.307 e. The van der Waals surface area contributed by atoms with E-state index >= 15 is 0 Å². The zero-order chi connectivity index (χ0) is 22.4. The van der Waals surface area contributed by atoms with Crippen LogP contribution in [0, 0.1) is 5.82 Å². The summed E-state index contributed by atoms with van der Waals surface area (Å²) >= 11 is 3.34. The highest BCUT2D eigenvalue weighted by Crippen LogP contribution is 2.34. The molecule has 1 aliphatic rings. The molecule has 0 fully saturated rings. The van der Waals surface area contributed by atoms with E-state index in [2.05, 4.69) is 16.4 Å². The summed E-state index contributed by atoms with van der Waals surface area (Å²) in [6.07, 6.45) is 4.23. The number of fused-ring (bicyclic) bond motifs is 4. The second kappa shape index (κ2) is 8.44. The summed E-state index contributed by atoms with van der Waals surface area (Å²) in [6.45, 7) is 0.934. The molecule has 33 heavy (non-hydrogen) atoms. The van der Waals surface area contributed by atoms with Crippen LogP contribution >= 0.6 is 22.7 Å². The van der Waals surface area contributed by atoms with Crippen LogP contribution in [0.3, 0.4) is 0 Å². The van der Waals surface area contributed by atoms with E-state index in [9.17, 15) is 9.18 Å². The third kappa shape index (κ3) is 3.88. The Morgan fingerprint density at radius 3 is 2.85 bits per heavy atom. The molecule has 5 aromatic rings. The molecule has 3 heterocycles. The van der Waals surface area contributed by atoms with Crippen molar-refractivity contribution in [2.24, 2.45) is 0 Å². The van der Waals surface area contributed by atoms with Gasteiger partial charge in [0.05, 0.1) is 28.5 Å². The molecule has 0 aliphatic heterocycles. The number of hydrogen-bond donors (Lipinski definition) is 1. The first-order chi connectivity index (χ1) is 16.2. The lowest BCUT2D eigenvalue weighted by Gasteiger charge is -2.23. The standard InChI is InChI=1S/C25H21FN4OS2/c26-18-6-2-1-5-15(18)13-30-14-28-24-23(25(30)31)17-10-9-16(11-21(17)33-24)27-12-22-29-19-7-3-4-8-20(19)32-22/h1-8,14,16,27H,9-13H2. The van der Waals surface area contributed by atoms with Crippen molar-refractivity contribution in [1.29, 1.82) is 0 Å². The monoisotopic (exact) mass is 476 g/mol. The van der Waals surface area contributed by atoms with Gasteiger partial charge < -0.3 is 5.32 Å². The molecule has 8 heteroatoms. The Bertz CT molecular complexity index is 1500. The van der Waals surface area contributed by atoms with Crippen molar-refractivity contribution in [3.63, 3.8) is 0 Å². The van der Waals surface area contributed by atoms with Gasteiger partial charge in [-0.25, -0.2) is 14.4 Å². The smallest absolute Gasteiger partial charge is 0.262 e. The molecule has 0 saturated heterocycles. The number of nitrogens with one attached hydrogen (secondary N) is 1. The first-order valence-corrected chi connectivity index (χ1v) is 12.6. The van der Waals surface area contributed by atoms with E-state index in [0.29, 0.717) is 17.0 Å². The molecule has 166 valence electrons. The molecule has 0 saturated carbocycles. The highest BCUT2D eigenvalue weighted by molar-refractivity contribution is 7.19. The number of thiazole rings is 1. The lowest BCUT2D eigenvalue weighted by atomic mass is 9.93. The minimum atomic E-state index is -0.307. The van der Waals surface area contributed by atoms with Crippen molar-refractivity contribution in [2.45, 2.75) is 38.4 Å². The van der Waals surface area contributed by atoms with Gasteiger partial charge in [0.15, 0.2) is 0 Å². The van der Waals surface area contributed by atoms with Crippen LogP contribution in [0.5, 0.6) is 0 Å². The second-order valence-electron chi connectivity index (χ2n) is 8.35. The van der Waals surface area contributed by atoms with Crippen molar-refractivity contribution in [3.05, 3.63) is 92.0 Å². The first kappa shape index (κ1) is 20.7. The highest BCUT2D eigenvalue weighted by Gasteiger charge is 2.25. The summed E-state index contributed by atoms with van der Waals surface area (Å²) < 4.78 is 16.8. The zero-order valence-electron chi connectivity index (χ0n) is 17.8. The number of benzene rings is 2. The van der Waals surface area contributed by atoms with E-state index in [1.165, 1.54) is 20.2 Å². The second-order valence-corrected chi connectivity index (χ2v) is 10.5. The Hall–Kier alpha value is -2.94. The lowest BCUT2D eigenvalue weighted by molar-refractivity contribution is 0.462. The summed E-state index contributed by atoms with van der Waals surface area (Å²) in [5, 5.41) is 5.46. The first-order valence-electron chi connectivity index (χ1n) is 11.0. The predicted octanol–water partition coefficient (Wildman–Crippen LogP) is 4.90. The number of nitrogens with zero attached hydrogens (tertiary/aromatic N) is 3. The van der Waals surface area contributed by atoms with Crippen molar-refractivity contribution < 1.29 is 4.39 Å². The van der Waals surface area contributed by atoms with Gasteiger partial charge in [-0.1, -0.05) is 30.3 Å². The summed E-state index contributed by atoms with van der Waals surface area (Å²) in [6, 6.07) is 15.1. The van der Waals surface area contributed by atoms with Gasteiger partial charge in [-0.3, -0.25) is 9.36 Å². The maximum absolute atomic E-state index is 14.1. The number of rotatable bonds is 5. The van der Waals surface area contributed by atoms with Gasteiger partial charge >= 0.3 is 0 Å². The topological polar surface area (TPSA) is 59.8 Å². The van der Waals surface area contributed by atoms with Crippen molar-refractivity contribution in [2.75, 3.05) is 0 Å².